The molecule has 0 saturated heterocycles. The van der Waals surface area contributed by atoms with Crippen molar-refractivity contribution in [2.24, 2.45) is 0 Å². The summed E-state index contributed by atoms with van der Waals surface area (Å²) in [5.74, 6) is 0.0359. The summed E-state index contributed by atoms with van der Waals surface area (Å²) in [6.07, 6.45) is 1.61. The van der Waals surface area contributed by atoms with E-state index in [1.165, 1.54) is 0 Å². The van der Waals surface area contributed by atoms with Crippen LogP contribution in [0.4, 0.5) is 5.69 Å². The monoisotopic (exact) mass is 348 g/mol. The number of nitrogens with zero attached hydrogens (tertiary/aromatic N) is 1. The number of fused-ring (bicyclic) bond motifs is 1. The lowest BCUT2D eigenvalue weighted by molar-refractivity contribution is 0.0710. The lowest BCUT2D eigenvalue weighted by Gasteiger charge is -2.36. The fourth-order valence-corrected chi connectivity index (χ4v) is 3.81. The first-order chi connectivity index (χ1) is 9.70. The van der Waals surface area contributed by atoms with Gasteiger partial charge < -0.3 is 10.2 Å². The van der Waals surface area contributed by atoms with E-state index in [4.69, 9.17) is 0 Å². The van der Waals surface area contributed by atoms with E-state index in [1.54, 1.807) is 22.3 Å². The molecule has 2 heterocycles. The predicted molar refractivity (Wildman–Crippen MR) is 86.1 cm³/mol. The van der Waals surface area contributed by atoms with Crippen molar-refractivity contribution in [3.63, 3.8) is 0 Å². The average molecular weight is 349 g/mol. The Kier molecular flexibility index (Phi) is 3.63. The molecule has 0 aliphatic carbocycles. The quantitative estimate of drug-likeness (QED) is 0.840. The average Bonchev–Trinajstić information content (AvgIpc) is 2.88. The Morgan fingerprint density at radius 1 is 1.35 bits per heavy atom. The molecule has 1 aliphatic heterocycles. The van der Waals surface area contributed by atoms with Crippen molar-refractivity contribution in [1.82, 2.24) is 4.90 Å². The Morgan fingerprint density at radius 3 is 2.85 bits per heavy atom. The zero-order valence-corrected chi connectivity index (χ0v) is 13.1. The first kappa shape index (κ1) is 13.4. The molecule has 1 atom stereocenters. The van der Waals surface area contributed by atoms with Gasteiger partial charge >= 0.3 is 0 Å². The highest BCUT2D eigenvalue weighted by molar-refractivity contribution is 9.11. The van der Waals surface area contributed by atoms with Crippen LogP contribution in [0.2, 0.25) is 0 Å². The molecule has 1 aromatic heterocycles. The SMILES string of the molecule is C=CCN1C(=O)c2ccccc2N[C@H]1c1ccc(Br)s1. The van der Waals surface area contributed by atoms with Gasteiger partial charge in [-0.1, -0.05) is 18.2 Å². The summed E-state index contributed by atoms with van der Waals surface area (Å²) >= 11 is 5.10. The second-order valence-electron chi connectivity index (χ2n) is 4.48. The molecule has 1 amide bonds. The van der Waals surface area contributed by atoms with Gasteiger partial charge in [0.15, 0.2) is 0 Å². The second kappa shape index (κ2) is 5.42. The minimum Gasteiger partial charge on any atom is -0.360 e. The fourth-order valence-electron chi connectivity index (χ4n) is 2.32. The van der Waals surface area contributed by atoms with Crippen LogP contribution >= 0.6 is 27.3 Å². The first-order valence-corrected chi connectivity index (χ1v) is 7.84. The van der Waals surface area contributed by atoms with Gasteiger partial charge in [0.1, 0.15) is 6.17 Å². The van der Waals surface area contributed by atoms with Crippen LogP contribution in [-0.2, 0) is 0 Å². The minimum absolute atomic E-state index is 0.0359. The van der Waals surface area contributed by atoms with E-state index in [0.717, 1.165) is 14.4 Å². The molecule has 3 nitrogen and oxygen atoms in total. The number of carbonyl (C=O) groups is 1. The fraction of sp³-hybridized carbons (Fsp3) is 0.133. The molecule has 1 aromatic carbocycles. The van der Waals surface area contributed by atoms with E-state index in [0.29, 0.717) is 12.1 Å². The number of carbonyl (C=O) groups excluding carboxylic acids is 1. The minimum atomic E-state index is -0.147. The molecule has 2 aromatic rings. The third-order valence-corrected chi connectivity index (χ3v) is 4.89. The molecule has 0 bridgehead atoms. The molecule has 1 N–H and O–H groups in total. The Balaban J connectivity index is 2.05. The number of halogens is 1. The van der Waals surface area contributed by atoms with Crippen LogP contribution in [0.3, 0.4) is 0 Å². The van der Waals surface area contributed by atoms with Gasteiger partial charge in [-0.05, 0) is 40.2 Å². The van der Waals surface area contributed by atoms with Crippen molar-refractivity contribution >= 4 is 38.9 Å². The van der Waals surface area contributed by atoms with E-state index < -0.39 is 0 Å². The zero-order valence-electron chi connectivity index (χ0n) is 10.7. The van der Waals surface area contributed by atoms with E-state index in [2.05, 4.69) is 27.8 Å². The molecule has 3 rings (SSSR count). The number of hydrogen-bond donors (Lipinski definition) is 1. The molecule has 5 heteroatoms. The summed E-state index contributed by atoms with van der Waals surface area (Å²) in [6, 6.07) is 11.6. The summed E-state index contributed by atoms with van der Waals surface area (Å²) in [6.45, 7) is 4.27. The molecule has 0 saturated carbocycles. The first-order valence-electron chi connectivity index (χ1n) is 6.23. The number of anilines is 1. The molecular weight excluding hydrogens is 336 g/mol. The number of benzene rings is 1. The highest BCUT2D eigenvalue weighted by atomic mass is 79.9. The molecule has 0 radical (unpaired) electrons. The predicted octanol–water partition coefficient (Wildman–Crippen LogP) is 4.26. The largest absolute Gasteiger partial charge is 0.360 e. The van der Waals surface area contributed by atoms with Gasteiger partial charge in [0, 0.05) is 17.1 Å². The number of amides is 1. The number of thiophene rings is 1. The molecule has 0 fully saturated rings. The van der Waals surface area contributed by atoms with Crippen LogP contribution in [0.15, 0.2) is 52.8 Å². The van der Waals surface area contributed by atoms with Crippen LogP contribution < -0.4 is 5.32 Å². The summed E-state index contributed by atoms with van der Waals surface area (Å²) in [7, 11) is 0. The van der Waals surface area contributed by atoms with Crippen molar-refractivity contribution in [1.29, 1.82) is 0 Å². The highest BCUT2D eigenvalue weighted by Crippen LogP contribution is 2.36. The lowest BCUT2D eigenvalue weighted by Crippen LogP contribution is -2.42. The maximum Gasteiger partial charge on any atom is 0.258 e. The van der Waals surface area contributed by atoms with Gasteiger partial charge in [-0.25, -0.2) is 0 Å². The maximum absolute atomic E-state index is 12.6. The highest BCUT2D eigenvalue weighted by Gasteiger charge is 2.32. The van der Waals surface area contributed by atoms with Crippen molar-refractivity contribution in [2.75, 3.05) is 11.9 Å². The Morgan fingerprint density at radius 2 is 2.15 bits per heavy atom. The third-order valence-electron chi connectivity index (χ3n) is 3.21. The van der Waals surface area contributed by atoms with E-state index in [9.17, 15) is 4.79 Å². The molecule has 1 aliphatic rings. The third kappa shape index (κ3) is 2.27. The lowest BCUT2D eigenvalue weighted by atomic mass is 10.1. The van der Waals surface area contributed by atoms with Crippen molar-refractivity contribution in [3.05, 3.63) is 63.3 Å². The van der Waals surface area contributed by atoms with Gasteiger partial charge in [-0.15, -0.1) is 17.9 Å². The van der Waals surface area contributed by atoms with Gasteiger partial charge in [0.2, 0.25) is 0 Å². The molecule has 20 heavy (non-hydrogen) atoms. The van der Waals surface area contributed by atoms with E-state index in [-0.39, 0.29) is 12.1 Å². The molecule has 0 unspecified atom stereocenters. The van der Waals surface area contributed by atoms with Gasteiger partial charge in [0.25, 0.3) is 5.91 Å². The Labute approximate surface area is 130 Å². The number of hydrogen-bond acceptors (Lipinski definition) is 3. The smallest absolute Gasteiger partial charge is 0.258 e. The van der Waals surface area contributed by atoms with Crippen LogP contribution in [-0.4, -0.2) is 17.4 Å². The van der Waals surface area contributed by atoms with Gasteiger partial charge in [0.05, 0.1) is 9.35 Å². The normalized spacial score (nSPS) is 17.6. The van der Waals surface area contributed by atoms with Crippen LogP contribution in [0.25, 0.3) is 0 Å². The zero-order chi connectivity index (χ0) is 14.1. The van der Waals surface area contributed by atoms with Crippen molar-refractivity contribution in [3.8, 4) is 0 Å². The second-order valence-corrected chi connectivity index (χ2v) is 6.98. The Hall–Kier alpha value is -1.59. The van der Waals surface area contributed by atoms with Gasteiger partial charge in [-0.3, -0.25) is 4.79 Å². The summed E-state index contributed by atoms with van der Waals surface area (Å²) < 4.78 is 1.05. The van der Waals surface area contributed by atoms with E-state index >= 15 is 0 Å². The standard InChI is InChI=1S/C15H13BrN2OS/c1-2-9-18-14(12-7-8-13(16)20-12)17-11-6-4-3-5-10(11)15(18)19/h2-8,14,17H,1,9H2/t14-/m1/s1. The van der Waals surface area contributed by atoms with Gasteiger partial charge in [-0.2, -0.15) is 0 Å². The topological polar surface area (TPSA) is 32.3 Å². The Bertz CT molecular complexity index is 667. The summed E-state index contributed by atoms with van der Waals surface area (Å²) in [5, 5.41) is 3.44. The number of para-hydroxylation sites is 1. The van der Waals surface area contributed by atoms with Crippen LogP contribution in [0, 0.1) is 0 Å². The molecular formula is C15H13BrN2OS. The number of rotatable bonds is 3. The van der Waals surface area contributed by atoms with Crippen LogP contribution in [0.5, 0.6) is 0 Å². The van der Waals surface area contributed by atoms with Crippen molar-refractivity contribution in [2.45, 2.75) is 6.17 Å². The molecule has 102 valence electrons. The molecule has 0 spiro atoms. The van der Waals surface area contributed by atoms with Crippen molar-refractivity contribution < 1.29 is 4.79 Å². The van der Waals surface area contributed by atoms with E-state index in [1.807, 2.05) is 36.4 Å². The summed E-state index contributed by atoms with van der Waals surface area (Å²) in [4.78, 5) is 15.5. The summed E-state index contributed by atoms with van der Waals surface area (Å²) in [5.41, 5.74) is 1.59. The van der Waals surface area contributed by atoms with Crippen LogP contribution in [0.1, 0.15) is 21.4 Å². The maximum atomic E-state index is 12.6. The number of nitrogens with one attached hydrogen (secondary N) is 1.